The summed E-state index contributed by atoms with van der Waals surface area (Å²) in [6, 6.07) is 30.6. The largest absolute Gasteiger partial charge is 0.348 e. The van der Waals surface area contributed by atoms with Crippen LogP contribution in [0.25, 0.3) is 39.0 Å². The molecule has 0 saturated carbocycles. The second-order valence-electron chi connectivity index (χ2n) is 10.3. The Labute approximate surface area is 243 Å². The fourth-order valence-electron chi connectivity index (χ4n) is 5.89. The van der Waals surface area contributed by atoms with Crippen LogP contribution in [-0.4, -0.2) is 6.54 Å². The van der Waals surface area contributed by atoms with E-state index in [0.29, 0.717) is 0 Å². The summed E-state index contributed by atoms with van der Waals surface area (Å²) < 4.78 is 4.61. The van der Waals surface area contributed by atoms with E-state index in [1.165, 1.54) is 55.3 Å². The van der Waals surface area contributed by atoms with Crippen molar-refractivity contribution in [1.29, 1.82) is 0 Å². The summed E-state index contributed by atoms with van der Waals surface area (Å²) in [6.07, 6.45) is 17.9. The van der Waals surface area contributed by atoms with Gasteiger partial charge in [-0.05, 0) is 67.8 Å². The molecule has 0 saturated heterocycles. The highest BCUT2D eigenvalue weighted by molar-refractivity contribution is 5.99. The van der Waals surface area contributed by atoms with Crippen LogP contribution in [-0.2, 0) is 13.1 Å². The summed E-state index contributed by atoms with van der Waals surface area (Å²) in [4.78, 5) is 2.31. The Morgan fingerprint density at radius 1 is 0.732 bits per heavy atom. The molecular formula is C38H37N3+2. The van der Waals surface area contributed by atoms with E-state index in [2.05, 4.69) is 169 Å². The molecule has 5 aromatic rings. The van der Waals surface area contributed by atoms with Gasteiger partial charge < -0.3 is 4.90 Å². The zero-order chi connectivity index (χ0) is 28.2. The first-order chi connectivity index (χ1) is 20.2. The maximum atomic E-state index is 2.35. The summed E-state index contributed by atoms with van der Waals surface area (Å²) in [7, 11) is 0. The van der Waals surface area contributed by atoms with Crippen LogP contribution in [0.15, 0.2) is 128 Å². The molecule has 0 fully saturated rings. The summed E-state index contributed by atoms with van der Waals surface area (Å²) in [5, 5.41) is 2.52. The van der Waals surface area contributed by atoms with Gasteiger partial charge in [0.25, 0.3) is 0 Å². The first-order valence-corrected chi connectivity index (χ1v) is 14.7. The minimum atomic E-state index is 0.933. The lowest BCUT2D eigenvalue weighted by atomic mass is 9.93. The molecule has 2 aromatic heterocycles. The zero-order valence-corrected chi connectivity index (χ0v) is 24.2. The molecule has 41 heavy (non-hydrogen) atoms. The molecule has 202 valence electrons. The smallest absolute Gasteiger partial charge is 0.213 e. The van der Waals surface area contributed by atoms with Crippen molar-refractivity contribution < 1.29 is 9.13 Å². The highest BCUT2D eigenvalue weighted by Gasteiger charge is 2.17. The number of fused-ring (bicyclic) bond motifs is 3. The molecule has 0 spiro atoms. The summed E-state index contributed by atoms with van der Waals surface area (Å²) in [5.41, 5.74) is 9.86. The van der Waals surface area contributed by atoms with Gasteiger partial charge in [-0.15, -0.1) is 0 Å². The number of allylic oxidation sites excluding steroid dienone is 6. The van der Waals surface area contributed by atoms with Gasteiger partial charge in [-0.25, -0.2) is 0 Å². The molecule has 1 aliphatic rings. The third kappa shape index (κ3) is 5.12. The van der Waals surface area contributed by atoms with E-state index in [4.69, 9.17) is 0 Å². The third-order valence-corrected chi connectivity index (χ3v) is 8.04. The van der Waals surface area contributed by atoms with Gasteiger partial charge in [0, 0.05) is 53.8 Å². The number of hydrogen-bond donors (Lipinski definition) is 0. The molecule has 0 radical (unpaired) electrons. The number of nitrogens with zero attached hydrogens (tertiary/aromatic N) is 3. The van der Waals surface area contributed by atoms with E-state index in [1.807, 2.05) is 0 Å². The van der Waals surface area contributed by atoms with Crippen molar-refractivity contribution >= 4 is 44.7 Å². The Kier molecular flexibility index (Phi) is 7.60. The van der Waals surface area contributed by atoms with Crippen molar-refractivity contribution in [3.8, 4) is 0 Å². The van der Waals surface area contributed by atoms with Crippen molar-refractivity contribution in [2.24, 2.45) is 0 Å². The van der Waals surface area contributed by atoms with E-state index < -0.39 is 0 Å². The van der Waals surface area contributed by atoms with Crippen LogP contribution in [0.3, 0.4) is 0 Å². The van der Waals surface area contributed by atoms with E-state index in [0.717, 1.165) is 19.6 Å². The number of aryl methyl sites for hydroxylation is 2. The fraction of sp³-hybridized carbons (Fsp3) is 0.158. The number of pyridine rings is 2. The predicted molar refractivity (Wildman–Crippen MR) is 173 cm³/mol. The van der Waals surface area contributed by atoms with Crippen LogP contribution in [0.1, 0.15) is 37.5 Å². The Morgan fingerprint density at radius 3 is 2.15 bits per heavy atom. The quantitative estimate of drug-likeness (QED) is 0.151. The Hall–Kier alpha value is -4.76. The van der Waals surface area contributed by atoms with Crippen LogP contribution in [0.5, 0.6) is 0 Å². The maximum absolute atomic E-state index is 2.35. The van der Waals surface area contributed by atoms with E-state index in [1.54, 1.807) is 0 Å². The third-order valence-electron chi connectivity index (χ3n) is 8.04. The number of aromatic nitrogens is 2. The van der Waals surface area contributed by atoms with Crippen LogP contribution in [0.4, 0.5) is 5.69 Å². The molecule has 0 unspecified atom stereocenters. The second kappa shape index (κ2) is 11.8. The molecule has 6 rings (SSSR count). The molecule has 0 N–H and O–H groups in total. The van der Waals surface area contributed by atoms with Gasteiger partial charge in [0.2, 0.25) is 11.0 Å². The SMILES string of the molecule is CCN1C=CC(=CC(=CC=Cc2cc[n+](CC)c3ccccc23)c2cc[n+](CC)c3ccccc23)c2ccccc21. The fourth-order valence-corrected chi connectivity index (χ4v) is 5.89. The Balaban J connectivity index is 1.52. The van der Waals surface area contributed by atoms with E-state index >= 15 is 0 Å². The van der Waals surface area contributed by atoms with Crippen LogP contribution >= 0.6 is 0 Å². The van der Waals surface area contributed by atoms with E-state index in [-0.39, 0.29) is 0 Å². The predicted octanol–water partition coefficient (Wildman–Crippen LogP) is 8.14. The van der Waals surface area contributed by atoms with Gasteiger partial charge in [0.05, 0.1) is 10.8 Å². The lowest BCUT2D eigenvalue weighted by molar-refractivity contribution is -0.668. The van der Waals surface area contributed by atoms with Gasteiger partial charge >= 0.3 is 0 Å². The number of hydrogen-bond acceptors (Lipinski definition) is 1. The molecular weight excluding hydrogens is 498 g/mol. The molecule has 0 amide bonds. The average molecular weight is 536 g/mol. The normalized spacial score (nSPS) is 14.5. The first-order valence-electron chi connectivity index (χ1n) is 14.7. The van der Waals surface area contributed by atoms with Gasteiger partial charge in [-0.3, -0.25) is 0 Å². The molecule has 0 aliphatic carbocycles. The van der Waals surface area contributed by atoms with Gasteiger partial charge in [-0.2, -0.15) is 9.13 Å². The van der Waals surface area contributed by atoms with Gasteiger partial charge in [-0.1, -0.05) is 60.7 Å². The highest BCUT2D eigenvalue weighted by atomic mass is 15.1. The minimum Gasteiger partial charge on any atom is -0.348 e. The van der Waals surface area contributed by atoms with E-state index in [9.17, 15) is 0 Å². The van der Waals surface area contributed by atoms with Crippen LogP contribution < -0.4 is 14.0 Å². The molecule has 0 atom stereocenters. The number of anilines is 1. The first kappa shape index (κ1) is 26.5. The number of benzene rings is 3. The molecule has 3 heterocycles. The summed E-state index contributed by atoms with van der Waals surface area (Å²) >= 11 is 0. The summed E-state index contributed by atoms with van der Waals surface area (Å²) in [5.74, 6) is 0. The summed E-state index contributed by atoms with van der Waals surface area (Å²) in [6.45, 7) is 9.40. The molecule has 1 aliphatic heterocycles. The van der Waals surface area contributed by atoms with Crippen molar-refractivity contribution in [2.75, 3.05) is 11.4 Å². The topological polar surface area (TPSA) is 11.0 Å². The molecule has 0 bridgehead atoms. The lowest BCUT2D eigenvalue weighted by Crippen LogP contribution is -2.32. The van der Waals surface area contributed by atoms with Gasteiger partial charge in [0.1, 0.15) is 13.1 Å². The van der Waals surface area contributed by atoms with Crippen molar-refractivity contribution in [3.05, 3.63) is 145 Å². The monoisotopic (exact) mass is 535 g/mol. The number of rotatable bonds is 7. The van der Waals surface area contributed by atoms with Gasteiger partial charge in [0.15, 0.2) is 12.4 Å². The molecule has 3 heteroatoms. The second-order valence-corrected chi connectivity index (χ2v) is 10.3. The van der Waals surface area contributed by atoms with Crippen LogP contribution in [0, 0.1) is 0 Å². The molecule has 3 aromatic carbocycles. The standard InChI is InChI=1S/C38H37N3/c1-4-39-25-22-29(33-16-7-10-19-36(33)39)14-13-15-30(32-24-27-41(6-3)38-21-12-9-18-35(32)38)28-31-23-26-40(5-2)37-20-11-8-17-34(31)37/h7-28H,4-6H2,1-3H3/q+2. The minimum absolute atomic E-state index is 0.933. The molecule has 3 nitrogen and oxygen atoms in total. The zero-order valence-electron chi connectivity index (χ0n) is 24.2. The Morgan fingerprint density at radius 2 is 1.39 bits per heavy atom. The average Bonchev–Trinajstić information content (AvgIpc) is 3.04. The maximum Gasteiger partial charge on any atom is 0.213 e. The van der Waals surface area contributed by atoms with Crippen LogP contribution in [0.2, 0.25) is 0 Å². The van der Waals surface area contributed by atoms with Crippen molar-refractivity contribution in [1.82, 2.24) is 0 Å². The number of para-hydroxylation sites is 3. The van der Waals surface area contributed by atoms with Crippen molar-refractivity contribution in [3.63, 3.8) is 0 Å². The van der Waals surface area contributed by atoms with Crippen molar-refractivity contribution in [2.45, 2.75) is 33.9 Å². The highest BCUT2D eigenvalue weighted by Crippen LogP contribution is 2.35. The lowest BCUT2D eigenvalue weighted by Gasteiger charge is -2.26. The Bertz CT molecular complexity index is 1860.